The van der Waals surface area contributed by atoms with Gasteiger partial charge in [0.25, 0.3) is 0 Å². The number of Topliss-reactive ketones (excluding diaryl/α,β-unsaturated/α-hetero) is 1. The van der Waals surface area contributed by atoms with Gasteiger partial charge in [-0.05, 0) is 67.3 Å². The van der Waals surface area contributed by atoms with Crippen LogP contribution in [0.3, 0.4) is 0 Å². The number of unbranched alkanes of at least 4 members (excludes halogenated alkanes) is 1. The summed E-state index contributed by atoms with van der Waals surface area (Å²) in [5.41, 5.74) is 4.42. The van der Waals surface area contributed by atoms with Crippen LogP contribution < -0.4 is 9.64 Å². The molecular formula is C28H35NO5. The van der Waals surface area contributed by atoms with E-state index in [1.54, 1.807) is 13.8 Å². The van der Waals surface area contributed by atoms with E-state index in [4.69, 9.17) is 14.2 Å². The fourth-order valence-corrected chi connectivity index (χ4v) is 3.82. The van der Waals surface area contributed by atoms with Gasteiger partial charge in [0.15, 0.2) is 5.78 Å². The van der Waals surface area contributed by atoms with E-state index >= 15 is 0 Å². The normalized spacial score (nSPS) is 13.9. The van der Waals surface area contributed by atoms with Gasteiger partial charge in [0.05, 0.1) is 19.8 Å². The molecule has 0 aliphatic carbocycles. The number of ketones is 1. The van der Waals surface area contributed by atoms with Crippen molar-refractivity contribution in [2.75, 3.05) is 44.4 Å². The maximum Gasteiger partial charge on any atom is 0.333 e. The van der Waals surface area contributed by atoms with Crippen molar-refractivity contribution in [1.29, 1.82) is 0 Å². The molecule has 1 fully saturated rings. The number of nitrogens with zero attached hydrogens (tertiary/aromatic N) is 1. The molecule has 3 rings (SSSR count). The Morgan fingerprint density at radius 3 is 2.47 bits per heavy atom. The van der Waals surface area contributed by atoms with E-state index in [9.17, 15) is 9.59 Å². The first-order chi connectivity index (χ1) is 16.5. The first-order valence-corrected chi connectivity index (χ1v) is 12.1. The predicted molar refractivity (Wildman–Crippen MR) is 135 cm³/mol. The van der Waals surface area contributed by atoms with Crippen molar-refractivity contribution in [1.82, 2.24) is 0 Å². The molecule has 0 unspecified atom stereocenters. The van der Waals surface area contributed by atoms with Crippen LogP contribution in [-0.4, -0.2) is 51.3 Å². The van der Waals surface area contributed by atoms with Crippen molar-refractivity contribution >= 4 is 23.5 Å². The number of benzene rings is 2. The molecule has 1 aliphatic heterocycles. The maximum atomic E-state index is 12.2. The summed E-state index contributed by atoms with van der Waals surface area (Å²) in [5, 5.41) is 0. The van der Waals surface area contributed by atoms with Gasteiger partial charge in [-0.25, -0.2) is 4.79 Å². The molecule has 0 radical (unpaired) electrons. The molecule has 0 N–H and O–H groups in total. The summed E-state index contributed by atoms with van der Waals surface area (Å²) in [6, 6.07) is 14.1. The Hall–Kier alpha value is -3.12. The summed E-state index contributed by atoms with van der Waals surface area (Å²) in [6.45, 7) is 8.97. The van der Waals surface area contributed by atoms with E-state index in [2.05, 4.69) is 17.9 Å². The minimum absolute atomic E-state index is 0.229. The zero-order valence-electron chi connectivity index (χ0n) is 20.5. The van der Waals surface area contributed by atoms with Gasteiger partial charge in [-0.3, -0.25) is 4.79 Å². The van der Waals surface area contributed by atoms with E-state index < -0.39 is 0 Å². The second kappa shape index (κ2) is 12.9. The van der Waals surface area contributed by atoms with Crippen LogP contribution in [0.1, 0.15) is 45.6 Å². The smallest absolute Gasteiger partial charge is 0.333 e. The van der Waals surface area contributed by atoms with Crippen LogP contribution in [0.15, 0.2) is 48.0 Å². The fourth-order valence-electron chi connectivity index (χ4n) is 3.82. The third-order valence-electron chi connectivity index (χ3n) is 5.69. The average molecular weight is 466 g/mol. The van der Waals surface area contributed by atoms with Gasteiger partial charge in [0, 0.05) is 30.8 Å². The molecule has 6 heteroatoms. The average Bonchev–Trinajstić information content (AvgIpc) is 3.27. The number of rotatable bonds is 12. The lowest BCUT2D eigenvalue weighted by Crippen LogP contribution is -2.20. The molecule has 0 atom stereocenters. The van der Waals surface area contributed by atoms with Crippen LogP contribution in [0.4, 0.5) is 5.69 Å². The zero-order valence-corrected chi connectivity index (χ0v) is 20.5. The second-order valence-corrected chi connectivity index (χ2v) is 8.37. The van der Waals surface area contributed by atoms with E-state index in [1.807, 2.05) is 42.5 Å². The van der Waals surface area contributed by atoms with Crippen LogP contribution in [-0.2, 0) is 19.1 Å². The molecule has 6 nitrogen and oxygen atoms in total. The molecule has 2 aromatic carbocycles. The quantitative estimate of drug-likeness (QED) is 0.241. The molecule has 0 bridgehead atoms. The molecule has 0 saturated carbocycles. The van der Waals surface area contributed by atoms with Crippen molar-refractivity contribution in [3.63, 3.8) is 0 Å². The number of anilines is 1. The molecule has 0 aromatic heterocycles. The minimum atomic E-state index is -0.337. The summed E-state index contributed by atoms with van der Waals surface area (Å²) in [5.74, 6) is 0.692. The lowest BCUT2D eigenvalue weighted by Gasteiger charge is -2.20. The van der Waals surface area contributed by atoms with E-state index in [0.29, 0.717) is 44.9 Å². The summed E-state index contributed by atoms with van der Waals surface area (Å²) in [7, 11) is 0. The lowest BCUT2D eigenvalue weighted by molar-refractivity contribution is -0.138. The van der Waals surface area contributed by atoms with Gasteiger partial charge < -0.3 is 19.1 Å². The van der Waals surface area contributed by atoms with E-state index in [0.717, 1.165) is 47.6 Å². The topological polar surface area (TPSA) is 65.1 Å². The molecule has 1 saturated heterocycles. The van der Waals surface area contributed by atoms with Gasteiger partial charge in [-0.15, -0.1) is 0 Å². The van der Waals surface area contributed by atoms with Gasteiger partial charge in [-0.2, -0.15) is 0 Å². The maximum absolute atomic E-state index is 12.2. The summed E-state index contributed by atoms with van der Waals surface area (Å²) in [6.07, 6.45) is 4.58. The Labute approximate surface area is 202 Å². The van der Waals surface area contributed by atoms with Gasteiger partial charge in [0.2, 0.25) is 0 Å². The Morgan fingerprint density at radius 1 is 1.03 bits per heavy atom. The third kappa shape index (κ3) is 7.19. The van der Waals surface area contributed by atoms with Crippen molar-refractivity contribution in [3.05, 3.63) is 53.6 Å². The van der Waals surface area contributed by atoms with E-state index in [-0.39, 0.29) is 11.8 Å². The largest absolute Gasteiger partial charge is 0.491 e. The van der Waals surface area contributed by atoms with Gasteiger partial charge >= 0.3 is 5.97 Å². The fraction of sp³-hybridized carbons (Fsp3) is 0.429. The van der Waals surface area contributed by atoms with Crippen LogP contribution in [0.25, 0.3) is 17.2 Å². The Morgan fingerprint density at radius 2 is 1.79 bits per heavy atom. The molecule has 1 aliphatic rings. The number of hydrogen-bond acceptors (Lipinski definition) is 6. The highest BCUT2D eigenvalue weighted by atomic mass is 16.5. The first-order valence-electron chi connectivity index (χ1n) is 12.1. The van der Waals surface area contributed by atoms with Crippen LogP contribution in [0, 0.1) is 0 Å². The lowest BCUT2D eigenvalue weighted by atomic mass is 10.00. The number of hydrogen-bond donors (Lipinski definition) is 0. The summed E-state index contributed by atoms with van der Waals surface area (Å²) < 4.78 is 16.5. The molecule has 2 aromatic rings. The Kier molecular flexibility index (Phi) is 9.71. The van der Waals surface area contributed by atoms with Crippen LogP contribution in [0.2, 0.25) is 0 Å². The standard InChI is InChI=1S/C28H35NO5/c1-4-6-15-32-16-17-34-26-10-7-22(8-11-26)23-9-12-27(29-14-13-25(30)20-29)24(19-23)18-21(3)28(31)33-5-2/h7-12,18-19H,4-6,13-17,20H2,1-3H3. The van der Waals surface area contributed by atoms with Crippen LogP contribution >= 0.6 is 0 Å². The SMILES string of the molecule is CCCCOCCOc1ccc(-c2ccc(N3CCC(=O)C3)c(C=C(C)C(=O)OCC)c2)cc1. The predicted octanol–water partition coefficient (Wildman–Crippen LogP) is 5.29. The molecule has 182 valence electrons. The molecule has 0 spiro atoms. The second-order valence-electron chi connectivity index (χ2n) is 8.37. The van der Waals surface area contributed by atoms with Crippen molar-refractivity contribution in [3.8, 4) is 16.9 Å². The van der Waals surface area contributed by atoms with Gasteiger partial charge in [0.1, 0.15) is 12.4 Å². The summed E-state index contributed by atoms with van der Waals surface area (Å²) >= 11 is 0. The third-order valence-corrected chi connectivity index (χ3v) is 5.69. The highest BCUT2D eigenvalue weighted by molar-refractivity contribution is 5.95. The minimum Gasteiger partial charge on any atom is -0.491 e. The summed E-state index contributed by atoms with van der Waals surface area (Å²) in [4.78, 5) is 26.1. The Balaban J connectivity index is 1.77. The number of esters is 1. The number of ether oxygens (including phenoxy) is 3. The number of carbonyl (C=O) groups excluding carboxylic acids is 2. The van der Waals surface area contributed by atoms with Crippen molar-refractivity contribution < 1.29 is 23.8 Å². The molecular weight excluding hydrogens is 430 g/mol. The number of carbonyl (C=O) groups is 2. The Bertz CT molecular complexity index is 996. The molecule has 34 heavy (non-hydrogen) atoms. The van der Waals surface area contributed by atoms with Crippen LogP contribution in [0.5, 0.6) is 5.75 Å². The zero-order chi connectivity index (χ0) is 24.3. The van der Waals surface area contributed by atoms with Crippen molar-refractivity contribution in [2.24, 2.45) is 0 Å². The highest BCUT2D eigenvalue weighted by Gasteiger charge is 2.22. The first kappa shape index (κ1) is 25.5. The molecule has 1 heterocycles. The highest BCUT2D eigenvalue weighted by Crippen LogP contribution is 2.31. The van der Waals surface area contributed by atoms with Gasteiger partial charge in [-0.1, -0.05) is 31.5 Å². The monoisotopic (exact) mass is 465 g/mol. The van der Waals surface area contributed by atoms with Crippen molar-refractivity contribution in [2.45, 2.75) is 40.0 Å². The molecule has 0 amide bonds. The van der Waals surface area contributed by atoms with E-state index in [1.165, 1.54) is 0 Å².